The number of ether oxygens (including phenoxy) is 1. The molecule has 1 aromatic heterocycles. The minimum absolute atomic E-state index is 0.433. The van der Waals surface area contributed by atoms with Crippen molar-refractivity contribution in [3.8, 4) is 0 Å². The second-order valence-electron chi connectivity index (χ2n) is 4.27. The van der Waals surface area contributed by atoms with Gasteiger partial charge in [-0.2, -0.15) is 0 Å². The molecule has 5 heteroatoms. The smallest absolute Gasteiger partial charge is 0.139 e. The molecular weight excluding hydrogens is 238 g/mol. The first kappa shape index (κ1) is 12.2. The average Bonchev–Trinajstić information content (AvgIpc) is 2.72. The molecule has 1 atom stereocenters. The largest absolute Gasteiger partial charge is 0.397 e. The van der Waals surface area contributed by atoms with Crippen molar-refractivity contribution >= 4 is 28.3 Å². The molecule has 0 amide bonds. The second kappa shape index (κ2) is 4.20. The standard InChI is InChI=1S/C12H16ClN3O/c1-4-12(2,17-3)11-15-9-6-7(13)5-8(14)10(9)16-11/h5-6H,4,14H2,1-3H3,(H,15,16). The minimum atomic E-state index is -0.433. The summed E-state index contributed by atoms with van der Waals surface area (Å²) >= 11 is 5.96. The van der Waals surface area contributed by atoms with Crippen LogP contribution < -0.4 is 5.73 Å². The van der Waals surface area contributed by atoms with Crippen molar-refractivity contribution in [1.29, 1.82) is 0 Å². The van der Waals surface area contributed by atoms with Crippen LogP contribution in [0.25, 0.3) is 11.0 Å². The third-order valence-electron chi connectivity index (χ3n) is 3.21. The van der Waals surface area contributed by atoms with Crippen LogP contribution in [-0.4, -0.2) is 17.1 Å². The number of halogens is 1. The second-order valence-corrected chi connectivity index (χ2v) is 4.70. The lowest BCUT2D eigenvalue weighted by atomic mass is 10.0. The summed E-state index contributed by atoms with van der Waals surface area (Å²) in [5, 5.41) is 0.598. The highest BCUT2D eigenvalue weighted by Gasteiger charge is 2.28. The molecule has 0 bridgehead atoms. The molecule has 0 aliphatic heterocycles. The van der Waals surface area contributed by atoms with Crippen LogP contribution in [0.3, 0.4) is 0 Å². The number of hydrogen-bond acceptors (Lipinski definition) is 3. The summed E-state index contributed by atoms with van der Waals surface area (Å²) in [6.45, 7) is 4.04. The van der Waals surface area contributed by atoms with Crippen molar-refractivity contribution < 1.29 is 4.74 Å². The molecule has 0 saturated carbocycles. The molecule has 92 valence electrons. The van der Waals surface area contributed by atoms with Crippen molar-refractivity contribution in [2.75, 3.05) is 12.8 Å². The first-order valence-corrected chi connectivity index (χ1v) is 5.88. The summed E-state index contributed by atoms with van der Waals surface area (Å²) in [4.78, 5) is 7.72. The summed E-state index contributed by atoms with van der Waals surface area (Å²) in [6.07, 6.45) is 0.816. The van der Waals surface area contributed by atoms with Gasteiger partial charge < -0.3 is 15.5 Å². The van der Waals surface area contributed by atoms with Crippen molar-refractivity contribution in [2.45, 2.75) is 25.9 Å². The molecule has 2 rings (SSSR count). The average molecular weight is 254 g/mol. The molecule has 1 unspecified atom stereocenters. The van der Waals surface area contributed by atoms with E-state index >= 15 is 0 Å². The highest BCUT2D eigenvalue weighted by Crippen LogP contribution is 2.30. The van der Waals surface area contributed by atoms with Gasteiger partial charge in [0.25, 0.3) is 0 Å². The van der Waals surface area contributed by atoms with E-state index in [1.807, 2.05) is 19.9 Å². The van der Waals surface area contributed by atoms with Gasteiger partial charge >= 0.3 is 0 Å². The predicted octanol–water partition coefficient (Wildman–Crippen LogP) is 3.07. The summed E-state index contributed by atoms with van der Waals surface area (Å²) in [5.41, 5.74) is 7.60. The lowest BCUT2D eigenvalue weighted by Gasteiger charge is -2.23. The van der Waals surface area contributed by atoms with Gasteiger partial charge in [0, 0.05) is 12.1 Å². The quantitative estimate of drug-likeness (QED) is 0.827. The third-order valence-corrected chi connectivity index (χ3v) is 3.43. The van der Waals surface area contributed by atoms with E-state index in [4.69, 9.17) is 22.1 Å². The summed E-state index contributed by atoms with van der Waals surface area (Å²) < 4.78 is 5.51. The lowest BCUT2D eigenvalue weighted by molar-refractivity contribution is -0.00803. The maximum atomic E-state index is 5.96. The van der Waals surface area contributed by atoms with Gasteiger partial charge in [0.2, 0.25) is 0 Å². The highest BCUT2D eigenvalue weighted by atomic mass is 35.5. The molecule has 4 nitrogen and oxygen atoms in total. The number of nitrogen functional groups attached to an aromatic ring is 1. The van der Waals surface area contributed by atoms with Crippen LogP contribution in [0.2, 0.25) is 5.02 Å². The fraction of sp³-hybridized carbons (Fsp3) is 0.417. The molecule has 2 aromatic rings. The van der Waals surface area contributed by atoms with Gasteiger partial charge in [0.15, 0.2) is 0 Å². The van der Waals surface area contributed by atoms with Crippen LogP contribution in [0.15, 0.2) is 12.1 Å². The molecule has 17 heavy (non-hydrogen) atoms. The zero-order valence-electron chi connectivity index (χ0n) is 10.2. The van der Waals surface area contributed by atoms with Crippen LogP contribution in [-0.2, 0) is 10.3 Å². The van der Waals surface area contributed by atoms with Crippen molar-refractivity contribution in [2.24, 2.45) is 0 Å². The number of H-pyrrole nitrogens is 1. The van der Waals surface area contributed by atoms with E-state index in [1.54, 1.807) is 13.2 Å². The number of hydrogen-bond donors (Lipinski definition) is 2. The zero-order valence-corrected chi connectivity index (χ0v) is 10.9. The Labute approximate surface area is 105 Å². The van der Waals surface area contributed by atoms with E-state index in [-0.39, 0.29) is 0 Å². The number of benzene rings is 1. The molecule has 0 radical (unpaired) electrons. The van der Waals surface area contributed by atoms with E-state index in [1.165, 1.54) is 0 Å². The van der Waals surface area contributed by atoms with Gasteiger partial charge in [0.05, 0.1) is 11.2 Å². The van der Waals surface area contributed by atoms with Crippen molar-refractivity contribution in [3.05, 3.63) is 23.0 Å². The molecule has 0 fully saturated rings. The number of anilines is 1. The monoisotopic (exact) mass is 253 g/mol. The third kappa shape index (κ3) is 1.98. The summed E-state index contributed by atoms with van der Waals surface area (Å²) in [5.74, 6) is 0.770. The first-order chi connectivity index (χ1) is 8.00. The van der Waals surface area contributed by atoms with E-state index in [2.05, 4.69) is 9.97 Å². The molecule has 0 saturated heterocycles. The number of rotatable bonds is 3. The number of imidazole rings is 1. The maximum Gasteiger partial charge on any atom is 0.139 e. The number of methoxy groups -OCH3 is 1. The fourth-order valence-electron chi connectivity index (χ4n) is 1.77. The number of aromatic nitrogens is 2. The predicted molar refractivity (Wildman–Crippen MR) is 70.2 cm³/mol. The Morgan fingerprint density at radius 1 is 1.53 bits per heavy atom. The number of nitrogens with one attached hydrogen (secondary N) is 1. The van der Waals surface area contributed by atoms with Crippen LogP contribution in [0.4, 0.5) is 5.69 Å². The number of fused-ring (bicyclic) bond motifs is 1. The molecule has 3 N–H and O–H groups in total. The van der Waals surface area contributed by atoms with Gasteiger partial charge in [-0.3, -0.25) is 0 Å². The molecule has 1 aromatic carbocycles. The Morgan fingerprint density at radius 3 is 2.82 bits per heavy atom. The Kier molecular flexibility index (Phi) is 3.02. The van der Waals surface area contributed by atoms with Gasteiger partial charge in [-0.15, -0.1) is 0 Å². The van der Waals surface area contributed by atoms with Gasteiger partial charge in [-0.05, 0) is 25.5 Å². The fourth-order valence-corrected chi connectivity index (χ4v) is 1.99. The van der Waals surface area contributed by atoms with Crippen LogP contribution in [0, 0.1) is 0 Å². The maximum absolute atomic E-state index is 5.96. The highest BCUT2D eigenvalue weighted by molar-refractivity contribution is 6.31. The number of aromatic amines is 1. The molecule has 0 aliphatic rings. The van der Waals surface area contributed by atoms with Crippen LogP contribution in [0.5, 0.6) is 0 Å². The number of nitrogens with zero attached hydrogens (tertiary/aromatic N) is 1. The van der Waals surface area contributed by atoms with Crippen molar-refractivity contribution in [3.63, 3.8) is 0 Å². The van der Waals surface area contributed by atoms with E-state index in [9.17, 15) is 0 Å². The minimum Gasteiger partial charge on any atom is -0.397 e. The van der Waals surface area contributed by atoms with Gasteiger partial charge in [-0.1, -0.05) is 18.5 Å². The number of nitrogens with two attached hydrogens (primary N) is 1. The van der Waals surface area contributed by atoms with Crippen LogP contribution >= 0.6 is 11.6 Å². The SMILES string of the molecule is CCC(C)(OC)c1nc2c(N)cc(Cl)cc2[nH]1. The lowest BCUT2D eigenvalue weighted by Crippen LogP contribution is -2.24. The van der Waals surface area contributed by atoms with Crippen LogP contribution in [0.1, 0.15) is 26.1 Å². The Morgan fingerprint density at radius 2 is 2.24 bits per heavy atom. The Balaban J connectivity index is 2.62. The van der Waals surface area contributed by atoms with E-state index in [0.29, 0.717) is 10.7 Å². The first-order valence-electron chi connectivity index (χ1n) is 5.50. The van der Waals surface area contributed by atoms with E-state index in [0.717, 1.165) is 23.3 Å². The topological polar surface area (TPSA) is 63.9 Å². The van der Waals surface area contributed by atoms with E-state index < -0.39 is 5.60 Å². The molecule has 0 aliphatic carbocycles. The molecular formula is C12H16ClN3O. The zero-order chi connectivity index (χ0) is 12.6. The summed E-state index contributed by atoms with van der Waals surface area (Å²) in [6, 6.07) is 3.51. The Bertz CT molecular complexity index is 546. The molecule has 1 heterocycles. The van der Waals surface area contributed by atoms with Gasteiger partial charge in [0.1, 0.15) is 16.9 Å². The normalized spacial score (nSPS) is 15.1. The van der Waals surface area contributed by atoms with Gasteiger partial charge in [-0.25, -0.2) is 4.98 Å². The van der Waals surface area contributed by atoms with Crippen molar-refractivity contribution in [1.82, 2.24) is 9.97 Å². The summed E-state index contributed by atoms with van der Waals surface area (Å²) in [7, 11) is 1.67. The Hall–Kier alpha value is -1.26. The molecule has 0 spiro atoms.